The van der Waals surface area contributed by atoms with Gasteiger partial charge >= 0.3 is 29.1 Å². The Balaban J connectivity index is 2.48. The molecule has 0 saturated carbocycles. The highest BCUT2D eigenvalue weighted by Crippen LogP contribution is 2.73. The first kappa shape index (κ1) is 50.5. The van der Waals surface area contributed by atoms with Crippen molar-refractivity contribution in [3.8, 4) is 36.5 Å². The van der Waals surface area contributed by atoms with Crippen LogP contribution in [0.4, 0.5) is 0 Å². The lowest BCUT2D eigenvalue weighted by molar-refractivity contribution is -0.0342. The first-order valence-electron chi connectivity index (χ1n) is 18.6. The monoisotopic (exact) mass is 895 g/mol. The maximum atomic E-state index is 14.6. The summed E-state index contributed by atoms with van der Waals surface area (Å²) in [6.45, 7) is 17.2. The highest BCUT2D eigenvalue weighted by Gasteiger charge is 2.51. The second-order valence-electron chi connectivity index (χ2n) is 15.8. The first-order valence-corrected chi connectivity index (χ1v) is 33.3. The molecule has 0 aromatic carbocycles. The topological polar surface area (TPSA) is 192 Å². The number of hydrogen-bond acceptors (Lipinski definition) is 13. The van der Waals surface area contributed by atoms with E-state index in [0.717, 1.165) is 12.8 Å². The number of phosphoric acid groups is 2. The van der Waals surface area contributed by atoms with Gasteiger partial charge in [-0.25, -0.2) is 23.6 Å². The SMILES string of the molecule is C#CCCCCC#Cc1cn([C@H]2C[C@@H](OCC)[C@@H](CNP(=O)(OCCCCC#C)OP(=O)(O[Si](C)(C)C)OP(=O)(O[Si](C)(C)C)O[Si](C)(C)C)O2)c(=O)[nH]c1=O. The highest BCUT2D eigenvalue weighted by atomic mass is 31.3. The maximum absolute atomic E-state index is 14.6. The van der Waals surface area contributed by atoms with Crippen molar-refractivity contribution < 1.29 is 49.0 Å². The molecular weight excluding hydrogens is 836 g/mol. The van der Waals surface area contributed by atoms with E-state index >= 15 is 0 Å². The van der Waals surface area contributed by atoms with Crippen LogP contribution < -0.4 is 16.3 Å². The van der Waals surface area contributed by atoms with Gasteiger partial charge in [0.15, 0.2) is 25.0 Å². The van der Waals surface area contributed by atoms with Gasteiger partial charge in [-0.05, 0) is 91.5 Å². The van der Waals surface area contributed by atoms with E-state index in [0.29, 0.717) is 32.1 Å². The number of rotatable bonds is 24. The summed E-state index contributed by atoms with van der Waals surface area (Å²) in [7, 11) is -22.6. The Morgan fingerprint density at radius 2 is 1.41 bits per heavy atom. The molecule has 0 spiro atoms. The Bertz CT molecular complexity index is 1840. The summed E-state index contributed by atoms with van der Waals surface area (Å²) in [5, 5.41) is 2.71. The average Bonchev–Trinajstić information content (AvgIpc) is 3.41. The van der Waals surface area contributed by atoms with Crippen LogP contribution in [0.25, 0.3) is 0 Å². The quantitative estimate of drug-likeness (QED) is 0.0438. The minimum absolute atomic E-state index is 0.0717. The number of aromatic amines is 1. The molecule has 2 N–H and O–H groups in total. The van der Waals surface area contributed by atoms with Gasteiger partial charge in [-0.2, -0.15) is 8.62 Å². The predicted molar refractivity (Wildman–Crippen MR) is 224 cm³/mol. The number of unbranched alkanes of at least 4 members (excludes halogenated alkanes) is 5. The van der Waals surface area contributed by atoms with Gasteiger partial charge in [0.25, 0.3) is 5.56 Å². The molecule has 2 heterocycles. The van der Waals surface area contributed by atoms with Crippen LogP contribution in [0.3, 0.4) is 0 Å². The predicted octanol–water partition coefficient (Wildman–Crippen LogP) is 8.10. The summed E-state index contributed by atoms with van der Waals surface area (Å²) < 4.78 is 91.5. The minimum Gasteiger partial charge on any atom is -0.376 e. The van der Waals surface area contributed by atoms with Crippen molar-refractivity contribution in [2.45, 2.75) is 136 Å². The Kier molecular flexibility index (Phi) is 19.9. The molecule has 1 aromatic rings. The standard InChI is InChI=1S/C34H60N3O13P3Si3/c1-13-16-18-20-21-22-24-29-28-37(34(39)36-33(29)38)32-26-30(43-15-3)31(45-32)27-35-51(40,44-25-23-19-17-14-2)46-52(41,48-54(4,5)6)47-53(42,49-55(7,8)9)50-56(10,11)12/h1-2,28,30-32H,15-21,23,25-27H2,3-12H3,(H,35,40)(H,36,38,39)/t30-,31-,32-,51?,52?/m1/s1. The van der Waals surface area contributed by atoms with Gasteiger partial charge in [0.2, 0.25) is 0 Å². The van der Waals surface area contributed by atoms with Crippen LogP contribution in [0.15, 0.2) is 15.8 Å². The number of nitrogens with zero attached hydrogens (tertiary/aromatic N) is 1. The number of H-pyrrole nitrogens is 1. The van der Waals surface area contributed by atoms with E-state index in [1.807, 2.05) is 0 Å². The van der Waals surface area contributed by atoms with Crippen molar-refractivity contribution in [2.75, 3.05) is 19.8 Å². The molecule has 1 aliphatic heterocycles. The number of aromatic nitrogens is 2. The lowest BCUT2D eigenvalue weighted by atomic mass is 10.1. The first-order chi connectivity index (χ1) is 25.8. The summed E-state index contributed by atoms with van der Waals surface area (Å²) >= 11 is 0. The fourth-order valence-corrected chi connectivity index (χ4v) is 19.0. The van der Waals surface area contributed by atoms with Crippen molar-refractivity contribution in [2.24, 2.45) is 0 Å². The summed E-state index contributed by atoms with van der Waals surface area (Å²) in [5.74, 6) is 10.9. The average molecular weight is 896 g/mol. The zero-order valence-corrected chi connectivity index (χ0v) is 40.0. The molecule has 16 nitrogen and oxygen atoms in total. The Morgan fingerprint density at radius 1 is 0.857 bits per heavy atom. The molecule has 0 radical (unpaired) electrons. The van der Waals surface area contributed by atoms with Crippen molar-refractivity contribution in [3.63, 3.8) is 0 Å². The molecule has 1 aromatic heterocycles. The van der Waals surface area contributed by atoms with Gasteiger partial charge in [-0.3, -0.25) is 18.9 Å². The second kappa shape index (κ2) is 22.1. The zero-order chi connectivity index (χ0) is 42.4. The lowest BCUT2D eigenvalue weighted by Crippen LogP contribution is -2.35. The number of ether oxygens (including phenoxy) is 2. The summed E-state index contributed by atoms with van der Waals surface area (Å²) in [5.41, 5.74) is -1.29. The van der Waals surface area contributed by atoms with E-state index in [-0.39, 0.29) is 31.7 Å². The van der Waals surface area contributed by atoms with E-state index < -0.39 is 78.0 Å². The Labute approximate surface area is 335 Å². The summed E-state index contributed by atoms with van der Waals surface area (Å²) in [6.07, 6.45) is 13.8. The molecule has 0 amide bonds. The van der Waals surface area contributed by atoms with Crippen LogP contribution >= 0.6 is 23.4 Å². The zero-order valence-electron chi connectivity index (χ0n) is 34.3. The van der Waals surface area contributed by atoms with Gasteiger partial charge in [0.1, 0.15) is 11.8 Å². The largest absolute Gasteiger partial charge is 0.482 e. The molecule has 22 heteroatoms. The maximum Gasteiger partial charge on any atom is 0.482 e. The molecule has 1 fully saturated rings. The number of hydrogen-bond donors (Lipinski definition) is 2. The minimum atomic E-state index is -5.06. The van der Waals surface area contributed by atoms with Crippen LogP contribution in [-0.4, -0.2) is 66.5 Å². The van der Waals surface area contributed by atoms with Gasteiger partial charge in [-0.1, -0.05) is 11.8 Å². The molecule has 5 atom stereocenters. The third-order valence-corrected chi connectivity index (χ3v) is 20.6. The normalized spacial score (nSPS) is 20.0. The summed E-state index contributed by atoms with van der Waals surface area (Å²) in [4.78, 5) is 27.8. The van der Waals surface area contributed by atoms with Crippen molar-refractivity contribution in [3.05, 3.63) is 32.6 Å². The summed E-state index contributed by atoms with van der Waals surface area (Å²) in [6, 6.07) is 0. The van der Waals surface area contributed by atoms with E-state index in [9.17, 15) is 23.3 Å². The van der Waals surface area contributed by atoms with E-state index in [1.165, 1.54) is 10.8 Å². The molecule has 0 bridgehead atoms. The molecular formula is C34H60N3O13P3Si3. The van der Waals surface area contributed by atoms with Gasteiger partial charge in [-0.15, -0.1) is 24.7 Å². The van der Waals surface area contributed by atoms with Gasteiger partial charge in [0, 0.05) is 45.0 Å². The van der Waals surface area contributed by atoms with Crippen molar-refractivity contribution in [1.29, 1.82) is 0 Å². The molecule has 2 rings (SSSR count). The number of terminal acetylenes is 2. The van der Waals surface area contributed by atoms with Crippen molar-refractivity contribution in [1.82, 2.24) is 14.6 Å². The third-order valence-electron chi connectivity index (χ3n) is 6.96. The molecule has 316 valence electrons. The molecule has 0 aliphatic carbocycles. The van der Waals surface area contributed by atoms with Crippen molar-refractivity contribution >= 4 is 48.3 Å². The number of nitrogens with one attached hydrogen (secondary N) is 2. The lowest BCUT2D eigenvalue weighted by Gasteiger charge is -2.34. The van der Waals surface area contributed by atoms with E-state index in [4.69, 9.17) is 48.1 Å². The second-order valence-corrected chi connectivity index (χ2v) is 35.3. The van der Waals surface area contributed by atoms with E-state index in [1.54, 1.807) is 65.8 Å². The Hall–Kier alpha value is -1.66. The Morgan fingerprint density at radius 3 is 1.96 bits per heavy atom. The molecule has 1 aliphatic rings. The highest BCUT2D eigenvalue weighted by molar-refractivity contribution is 7.70. The molecule has 2 unspecified atom stereocenters. The fraction of sp³-hybridized carbons (Fsp3) is 0.706. The van der Waals surface area contributed by atoms with Crippen LogP contribution in [-0.2, 0) is 49.0 Å². The van der Waals surface area contributed by atoms with Crippen LogP contribution in [0.1, 0.15) is 70.1 Å². The van der Waals surface area contributed by atoms with Gasteiger partial charge in [0.05, 0.1) is 18.8 Å². The third kappa shape index (κ3) is 18.9. The van der Waals surface area contributed by atoms with Crippen LogP contribution in [0.2, 0.25) is 58.9 Å². The molecule has 56 heavy (non-hydrogen) atoms. The molecule has 1 saturated heterocycles. The van der Waals surface area contributed by atoms with E-state index in [2.05, 4.69) is 33.8 Å². The fourth-order valence-electron chi connectivity index (χ4n) is 5.00. The smallest absolute Gasteiger partial charge is 0.376 e. The van der Waals surface area contributed by atoms with Crippen LogP contribution in [0.5, 0.6) is 0 Å². The van der Waals surface area contributed by atoms with Crippen LogP contribution in [0, 0.1) is 36.5 Å². The van der Waals surface area contributed by atoms with Gasteiger partial charge < -0.3 is 22.1 Å².